The maximum atomic E-state index is 15.3. The number of anilines is 1. The van der Waals surface area contributed by atoms with Crippen LogP contribution in [0.1, 0.15) is 50.1 Å². The monoisotopic (exact) mass is 494 g/mol. The summed E-state index contributed by atoms with van der Waals surface area (Å²) >= 11 is 6.39. The Morgan fingerprint density at radius 3 is 2.82 bits per heavy atom. The average molecular weight is 495 g/mol. The van der Waals surface area contributed by atoms with Crippen LogP contribution in [-0.2, 0) is 15.1 Å². The molecule has 2 bridgehead atoms. The van der Waals surface area contributed by atoms with Gasteiger partial charge in [-0.1, -0.05) is 11.6 Å². The van der Waals surface area contributed by atoms with Crippen molar-refractivity contribution in [3.8, 4) is 11.3 Å². The lowest BCUT2D eigenvalue weighted by Crippen LogP contribution is -2.48. The Kier molecular flexibility index (Phi) is 4.90. The molecule has 2 aromatic heterocycles. The number of aromatic nitrogens is 4. The van der Waals surface area contributed by atoms with Crippen molar-refractivity contribution >= 4 is 28.6 Å². The highest BCUT2D eigenvalue weighted by Gasteiger charge is 2.43. The Labute approximate surface area is 205 Å². The van der Waals surface area contributed by atoms with Crippen LogP contribution in [0.15, 0.2) is 18.3 Å². The summed E-state index contributed by atoms with van der Waals surface area (Å²) in [5.74, 6) is -0.308. The molecular formula is C23H27ClFN5O4. The highest BCUT2D eigenvalue weighted by molar-refractivity contribution is 6.33. The van der Waals surface area contributed by atoms with E-state index in [1.807, 2.05) is 13.8 Å². The standard InChI is InChI=1S/C23H27ClFN5O4/c1-10(2)30-16-6-11(5-14(25)18(16)28-21(30)23(3,4)32)17-13(24)8-26-22(29-17)27-15-7-12-9-33-20(34-12)19(15)31/h5-6,8,10,12,15,19-20,31-32H,7,9H2,1-4H3,(H,26,27,29)/t12-,15+,19-,20+/m0/s1/i7D,9D2/t7-,12+,15-,19+,20-/m1. The van der Waals surface area contributed by atoms with Gasteiger partial charge in [0.25, 0.3) is 0 Å². The third kappa shape index (κ3) is 4.03. The molecule has 2 saturated heterocycles. The molecule has 5 rings (SSSR count). The number of aliphatic hydroxyl groups is 2. The van der Waals surface area contributed by atoms with Crippen LogP contribution in [0.5, 0.6) is 0 Å². The number of hydrogen-bond acceptors (Lipinski definition) is 8. The molecule has 2 aliphatic rings. The number of halogens is 2. The van der Waals surface area contributed by atoms with Gasteiger partial charge in [0.15, 0.2) is 12.1 Å². The summed E-state index contributed by atoms with van der Waals surface area (Å²) in [5.41, 5.74) is -0.230. The number of nitrogens with zero attached hydrogens (tertiary/aromatic N) is 4. The zero-order valence-corrected chi connectivity index (χ0v) is 19.7. The summed E-state index contributed by atoms with van der Waals surface area (Å²) in [6, 6.07) is 1.77. The molecule has 0 amide bonds. The van der Waals surface area contributed by atoms with Crippen molar-refractivity contribution in [1.29, 1.82) is 0 Å². The molecule has 3 aromatic rings. The van der Waals surface area contributed by atoms with Crippen molar-refractivity contribution in [2.75, 3.05) is 11.9 Å². The Hall–Kier alpha value is -2.37. The fraction of sp³-hybridized carbons (Fsp3) is 0.522. The number of ether oxygens (including phenoxy) is 2. The highest BCUT2D eigenvalue weighted by Crippen LogP contribution is 2.35. The van der Waals surface area contributed by atoms with Crippen LogP contribution in [0.2, 0.25) is 5.02 Å². The number of fused-ring (bicyclic) bond motifs is 3. The third-order valence-electron chi connectivity index (χ3n) is 5.74. The number of nitrogens with one attached hydrogen (secondary N) is 1. The summed E-state index contributed by atoms with van der Waals surface area (Å²) in [6.07, 6.45) is -3.76. The zero-order valence-electron chi connectivity index (χ0n) is 22.0. The number of aliphatic hydroxyl groups excluding tert-OH is 1. The van der Waals surface area contributed by atoms with Gasteiger partial charge >= 0.3 is 0 Å². The lowest BCUT2D eigenvalue weighted by molar-refractivity contribution is -0.156. The maximum absolute atomic E-state index is 15.3. The summed E-state index contributed by atoms with van der Waals surface area (Å²) in [4.78, 5) is 12.9. The molecule has 11 heteroatoms. The molecule has 182 valence electrons. The predicted molar refractivity (Wildman–Crippen MR) is 124 cm³/mol. The highest BCUT2D eigenvalue weighted by atomic mass is 35.5. The van der Waals surface area contributed by atoms with Crippen molar-refractivity contribution in [1.82, 2.24) is 19.5 Å². The van der Waals surface area contributed by atoms with Crippen LogP contribution in [0.25, 0.3) is 22.3 Å². The summed E-state index contributed by atoms with van der Waals surface area (Å²) < 4.78 is 51.7. The van der Waals surface area contributed by atoms with Crippen LogP contribution in [0, 0.1) is 5.82 Å². The van der Waals surface area contributed by atoms with Crippen molar-refractivity contribution in [2.45, 2.75) is 70.3 Å². The van der Waals surface area contributed by atoms with Gasteiger partial charge in [0, 0.05) is 13.0 Å². The smallest absolute Gasteiger partial charge is 0.223 e. The van der Waals surface area contributed by atoms with E-state index in [4.69, 9.17) is 25.2 Å². The normalized spacial score (nSPS) is 29.8. The first-order valence-electron chi connectivity index (χ1n) is 12.4. The van der Waals surface area contributed by atoms with E-state index in [-0.39, 0.29) is 28.2 Å². The van der Waals surface area contributed by atoms with Gasteiger partial charge in [-0.25, -0.2) is 19.3 Å². The molecular weight excluding hydrogens is 465 g/mol. The molecule has 0 unspecified atom stereocenters. The van der Waals surface area contributed by atoms with Gasteiger partial charge in [0.1, 0.15) is 23.0 Å². The SMILES string of the molecule is [2H][C@H]1[C@@H](Nc2ncc(Cl)c(-c3cc(F)c4nc(C(C)(C)O)n(C(C)C)c4c3)n2)[C@H](O)[C@H]2O[C@@H]1C([2H])([2H])O2. The zero-order chi connectivity index (χ0) is 27.0. The van der Waals surface area contributed by atoms with E-state index < -0.39 is 48.9 Å². The van der Waals surface area contributed by atoms with E-state index in [2.05, 4.69) is 20.3 Å². The lowest BCUT2D eigenvalue weighted by Gasteiger charge is -2.32. The van der Waals surface area contributed by atoms with E-state index >= 15 is 4.39 Å². The number of rotatable bonds is 5. The van der Waals surface area contributed by atoms with Gasteiger partial charge in [0.05, 0.1) is 43.9 Å². The van der Waals surface area contributed by atoms with E-state index in [1.165, 1.54) is 12.3 Å². The molecule has 0 spiro atoms. The summed E-state index contributed by atoms with van der Waals surface area (Å²) in [6.45, 7) is 4.73. The van der Waals surface area contributed by atoms with Crippen LogP contribution >= 0.6 is 11.6 Å². The Bertz CT molecular complexity index is 1370. The van der Waals surface area contributed by atoms with E-state index in [0.29, 0.717) is 16.9 Å². The molecule has 5 atom stereocenters. The third-order valence-corrected chi connectivity index (χ3v) is 6.01. The second kappa shape index (κ2) is 8.39. The fourth-order valence-corrected chi connectivity index (χ4v) is 4.41. The van der Waals surface area contributed by atoms with Crippen LogP contribution in [0.3, 0.4) is 0 Å². The summed E-state index contributed by atoms with van der Waals surface area (Å²) in [7, 11) is 0. The fourth-order valence-electron chi connectivity index (χ4n) is 4.21. The second-order valence-corrected chi connectivity index (χ2v) is 9.60. The Balaban J connectivity index is 1.55. The predicted octanol–water partition coefficient (Wildman–Crippen LogP) is 3.38. The van der Waals surface area contributed by atoms with Gasteiger partial charge in [-0.2, -0.15) is 0 Å². The van der Waals surface area contributed by atoms with E-state index in [0.717, 1.165) is 0 Å². The number of benzene rings is 1. The van der Waals surface area contributed by atoms with Crippen LogP contribution < -0.4 is 5.32 Å². The van der Waals surface area contributed by atoms with Gasteiger partial charge < -0.3 is 29.6 Å². The molecule has 0 radical (unpaired) electrons. The first-order chi connectivity index (χ1) is 17.2. The van der Waals surface area contributed by atoms with Gasteiger partial charge in [-0.15, -0.1) is 0 Å². The van der Waals surface area contributed by atoms with Gasteiger partial charge in [-0.3, -0.25) is 0 Å². The Morgan fingerprint density at radius 1 is 1.35 bits per heavy atom. The van der Waals surface area contributed by atoms with E-state index in [9.17, 15) is 10.2 Å². The number of imidazole rings is 1. The quantitative estimate of drug-likeness (QED) is 0.494. The molecule has 9 nitrogen and oxygen atoms in total. The molecule has 1 aromatic carbocycles. The second-order valence-electron chi connectivity index (χ2n) is 9.19. The molecule has 4 heterocycles. The van der Waals surface area contributed by atoms with Crippen LogP contribution in [-0.4, -0.2) is 60.8 Å². The van der Waals surface area contributed by atoms with Crippen LogP contribution in [0.4, 0.5) is 10.3 Å². The molecule has 2 aliphatic heterocycles. The first kappa shape index (κ1) is 19.9. The van der Waals surface area contributed by atoms with Gasteiger partial charge in [-0.05, 0) is 46.2 Å². The van der Waals surface area contributed by atoms with Crippen molar-refractivity contribution in [3.63, 3.8) is 0 Å². The molecule has 3 N–H and O–H groups in total. The van der Waals surface area contributed by atoms with E-state index in [1.54, 1.807) is 24.5 Å². The first-order valence-corrected chi connectivity index (χ1v) is 11.2. The Morgan fingerprint density at radius 2 is 2.12 bits per heavy atom. The van der Waals surface area contributed by atoms with Crippen molar-refractivity contribution in [2.24, 2.45) is 0 Å². The molecule has 2 fully saturated rings. The number of hydrogen-bond donors (Lipinski definition) is 3. The molecule has 0 saturated carbocycles. The lowest BCUT2D eigenvalue weighted by atomic mass is 10.0. The minimum absolute atomic E-state index is 0.00221. The molecule has 0 aliphatic carbocycles. The van der Waals surface area contributed by atoms with Crippen molar-refractivity contribution < 1.29 is 28.2 Å². The molecule has 34 heavy (non-hydrogen) atoms. The maximum Gasteiger partial charge on any atom is 0.223 e. The summed E-state index contributed by atoms with van der Waals surface area (Å²) in [5, 5.41) is 24.2. The topological polar surface area (TPSA) is 115 Å². The largest absolute Gasteiger partial charge is 0.386 e. The van der Waals surface area contributed by atoms with Crippen molar-refractivity contribution in [3.05, 3.63) is 35.0 Å². The van der Waals surface area contributed by atoms with Gasteiger partial charge in [0.2, 0.25) is 5.95 Å². The minimum Gasteiger partial charge on any atom is -0.386 e. The minimum atomic E-state index is -2.23. The average Bonchev–Trinajstić information content (AvgIpc) is 3.33.